The Kier molecular flexibility index (Phi) is 3.72. The lowest BCUT2D eigenvalue weighted by atomic mass is 9.95. The zero-order chi connectivity index (χ0) is 10.5. The van der Waals surface area contributed by atoms with Crippen molar-refractivity contribution in [3.63, 3.8) is 0 Å². The summed E-state index contributed by atoms with van der Waals surface area (Å²) in [4.78, 5) is 4.21. The van der Waals surface area contributed by atoms with E-state index >= 15 is 0 Å². The zero-order valence-electron chi connectivity index (χ0n) is 9.45. The van der Waals surface area contributed by atoms with Gasteiger partial charge in [-0.2, -0.15) is 5.10 Å². The highest BCUT2D eigenvalue weighted by Crippen LogP contribution is 2.17. The van der Waals surface area contributed by atoms with Crippen molar-refractivity contribution in [2.75, 3.05) is 6.54 Å². The van der Waals surface area contributed by atoms with E-state index in [2.05, 4.69) is 15.4 Å². The smallest absolute Gasteiger partial charge is 0.151 e. The molecule has 4 nitrogen and oxygen atoms in total. The third-order valence-corrected chi connectivity index (χ3v) is 3.03. The molecule has 15 heavy (non-hydrogen) atoms. The van der Waals surface area contributed by atoms with E-state index in [1.807, 2.05) is 7.05 Å². The van der Waals surface area contributed by atoms with E-state index in [9.17, 15) is 0 Å². The number of aromatic nitrogens is 3. The van der Waals surface area contributed by atoms with Gasteiger partial charge in [0.15, 0.2) is 5.82 Å². The van der Waals surface area contributed by atoms with Crippen LogP contribution >= 0.6 is 0 Å². The van der Waals surface area contributed by atoms with Crippen LogP contribution in [0.5, 0.6) is 0 Å². The lowest BCUT2D eigenvalue weighted by Crippen LogP contribution is -2.32. The predicted octanol–water partition coefficient (Wildman–Crippen LogP) is 1.28. The van der Waals surface area contributed by atoms with Gasteiger partial charge in [-0.15, -0.1) is 0 Å². The van der Waals surface area contributed by atoms with Gasteiger partial charge in [-0.1, -0.05) is 19.3 Å². The summed E-state index contributed by atoms with van der Waals surface area (Å²) < 4.78 is 1.76. The second kappa shape index (κ2) is 5.26. The van der Waals surface area contributed by atoms with Crippen molar-refractivity contribution in [3.05, 3.63) is 12.2 Å². The molecule has 84 valence electrons. The minimum atomic E-state index is 0.738. The van der Waals surface area contributed by atoms with Crippen LogP contribution in [0.15, 0.2) is 6.33 Å². The molecule has 1 aliphatic carbocycles. The third kappa shape index (κ3) is 3.30. The Morgan fingerprint density at radius 2 is 2.20 bits per heavy atom. The third-order valence-electron chi connectivity index (χ3n) is 3.03. The van der Waals surface area contributed by atoms with E-state index in [0.29, 0.717) is 0 Å². The first-order valence-corrected chi connectivity index (χ1v) is 5.92. The molecule has 1 saturated carbocycles. The van der Waals surface area contributed by atoms with Gasteiger partial charge in [0.1, 0.15) is 6.33 Å². The number of aryl methyl sites for hydroxylation is 1. The van der Waals surface area contributed by atoms with Crippen LogP contribution in [0.2, 0.25) is 0 Å². The van der Waals surface area contributed by atoms with Crippen LogP contribution in [0.25, 0.3) is 0 Å². The number of nitrogens with one attached hydrogen (secondary N) is 1. The molecule has 0 amide bonds. The lowest BCUT2D eigenvalue weighted by molar-refractivity contribution is 0.374. The highest BCUT2D eigenvalue weighted by Gasteiger charge is 2.12. The molecule has 4 heteroatoms. The summed E-state index contributed by atoms with van der Waals surface area (Å²) in [6.07, 6.45) is 9.58. The summed E-state index contributed by atoms with van der Waals surface area (Å²) in [5, 5.41) is 7.85. The van der Waals surface area contributed by atoms with Gasteiger partial charge in [-0.05, 0) is 12.8 Å². The number of nitrogens with zero attached hydrogens (tertiary/aromatic N) is 3. The van der Waals surface area contributed by atoms with Gasteiger partial charge < -0.3 is 5.32 Å². The Hall–Kier alpha value is -0.900. The molecule has 1 aliphatic rings. The van der Waals surface area contributed by atoms with E-state index in [1.165, 1.54) is 32.1 Å². The maximum absolute atomic E-state index is 4.26. The molecule has 0 bridgehead atoms. The first kappa shape index (κ1) is 10.6. The van der Waals surface area contributed by atoms with Crippen LogP contribution in [0, 0.1) is 0 Å². The number of hydrogen-bond acceptors (Lipinski definition) is 3. The fourth-order valence-corrected chi connectivity index (χ4v) is 2.19. The fourth-order valence-electron chi connectivity index (χ4n) is 2.19. The summed E-state index contributed by atoms with van der Waals surface area (Å²) in [6.45, 7) is 1.01. The standard InChI is InChI=1S/C11H20N4/c1-15-9-13-11(14-15)7-8-12-10-5-3-2-4-6-10/h9-10,12H,2-8H2,1H3. The van der Waals surface area contributed by atoms with Gasteiger partial charge in [0, 0.05) is 26.1 Å². The molecular weight excluding hydrogens is 188 g/mol. The van der Waals surface area contributed by atoms with Crippen molar-refractivity contribution in [2.24, 2.45) is 7.05 Å². The molecule has 0 aliphatic heterocycles. The summed E-state index contributed by atoms with van der Waals surface area (Å²) >= 11 is 0. The molecule has 0 atom stereocenters. The molecule has 0 aromatic carbocycles. The average molecular weight is 208 g/mol. The van der Waals surface area contributed by atoms with Gasteiger partial charge in [-0.25, -0.2) is 4.98 Å². The SMILES string of the molecule is Cn1cnc(CCNC2CCCCC2)n1. The normalized spacial score (nSPS) is 18.2. The second-order valence-corrected chi connectivity index (χ2v) is 4.37. The van der Waals surface area contributed by atoms with E-state index in [0.717, 1.165) is 24.8 Å². The Bertz CT molecular complexity index is 289. The van der Waals surface area contributed by atoms with Crippen molar-refractivity contribution in [1.82, 2.24) is 20.1 Å². The zero-order valence-corrected chi connectivity index (χ0v) is 9.45. The molecule has 0 saturated heterocycles. The number of hydrogen-bond donors (Lipinski definition) is 1. The van der Waals surface area contributed by atoms with Crippen LogP contribution in [-0.4, -0.2) is 27.4 Å². The van der Waals surface area contributed by atoms with Gasteiger partial charge in [-0.3, -0.25) is 4.68 Å². The minimum Gasteiger partial charge on any atom is -0.314 e. The molecule has 1 N–H and O–H groups in total. The van der Waals surface area contributed by atoms with Crippen LogP contribution in [0.1, 0.15) is 37.9 Å². The second-order valence-electron chi connectivity index (χ2n) is 4.37. The van der Waals surface area contributed by atoms with Crippen LogP contribution < -0.4 is 5.32 Å². The predicted molar refractivity (Wildman–Crippen MR) is 59.6 cm³/mol. The number of rotatable bonds is 4. The summed E-state index contributed by atoms with van der Waals surface area (Å²) in [7, 11) is 1.91. The van der Waals surface area contributed by atoms with E-state index in [1.54, 1.807) is 11.0 Å². The Labute approximate surface area is 91.1 Å². The molecule has 2 rings (SSSR count). The van der Waals surface area contributed by atoms with Gasteiger partial charge in [0.25, 0.3) is 0 Å². The minimum absolute atomic E-state index is 0.738. The first-order valence-electron chi connectivity index (χ1n) is 5.92. The molecule has 1 fully saturated rings. The van der Waals surface area contributed by atoms with Crippen molar-refractivity contribution in [1.29, 1.82) is 0 Å². The highest BCUT2D eigenvalue weighted by molar-refractivity contribution is 4.83. The maximum Gasteiger partial charge on any atom is 0.151 e. The fraction of sp³-hybridized carbons (Fsp3) is 0.818. The maximum atomic E-state index is 4.26. The Balaban J connectivity index is 1.65. The van der Waals surface area contributed by atoms with Crippen molar-refractivity contribution in [2.45, 2.75) is 44.6 Å². The topological polar surface area (TPSA) is 42.7 Å². The van der Waals surface area contributed by atoms with Crippen molar-refractivity contribution < 1.29 is 0 Å². The molecule has 0 radical (unpaired) electrons. The molecule has 1 aromatic heterocycles. The van der Waals surface area contributed by atoms with Crippen molar-refractivity contribution >= 4 is 0 Å². The van der Waals surface area contributed by atoms with E-state index < -0.39 is 0 Å². The van der Waals surface area contributed by atoms with Crippen LogP contribution in [0.3, 0.4) is 0 Å². The van der Waals surface area contributed by atoms with E-state index in [4.69, 9.17) is 0 Å². The summed E-state index contributed by atoms with van der Waals surface area (Å²) in [5.74, 6) is 0.945. The van der Waals surface area contributed by atoms with Crippen LogP contribution in [-0.2, 0) is 13.5 Å². The van der Waals surface area contributed by atoms with Gasteiger partial charge in [0.2, 0.25) is 0 Å². The molecule has 1 heterocycles. The largest absolute Gasteiger partial charge is 0.314 e. The first-order chi connectivity index (χ1) is 7.34. The van der Waals surface area contributed by atoms with E-state index in [-0.39, 0.29) is 0 Å². The van der Waals surface area contributed by atoms with Gasteiger partial charge in [0.05, 0.1) is 0 Å². The molecule has 1 aromatic rings. The molecule has 0 unspecified atom stereocenters. The summed E-state index contributed by atoms with van der Waals surface area (Å²) in [6, 6.07) is 0.738. The lowest BCUT2D eigenvalue weighted by Gasteiger charge is -2.22. The van der Waals surface area contributed by atoms with Gasteiger partial charge >= 0.3 is 0 Å². The quantitative estimate of drug-likeness (QED) is 0.810. The highest BCUT2D eigenvalue weighted by atomic mass is 15.3. The molecular formula is C11H20N4. The monoisotopic (exact) mass is 208 g/mol. The van der Waals surface area contributed by atoms with Crippen LogP contribution in [0.4, 0.5) is 0 Å². The van der Waals surface area contributed by atoms with Crippen molar-refractivity contribution in [3.8, 4) is 0 Å². The summed E-state index contributed by atoms with van der Waals surface area (Å²) in [5.41, 5.74) is 0. The Morgan fingerprint density at radius 1 is 1.40 bits per heavy atom. The Morgan fingerprint density at radius 3 is 2.87 bits per heavy atom. The molecule has 0 spiro atoms. The average Bonchev–Trinajstić information content (AvgIpc) is 2.66.